The average molecular weight is 274 g/mol. The zero-order valence-electron chi connectivity index (χ0n) is 13.5. The van der Waals surface area contributed by atoms with Gasteiger partial charge in [-0.25, -0.2) is 0 Å². The fourth-order valence-electron chi connectivity index (χ4n) is 3.31. The van der Waals surface area contributed by atoms with Crippen molar-refractivity contribution in [2.75, 3.05) is 11.9 Å². The summed E-state index contributed by atoms with van der Waals surface area (Å²) in [6.07, 6.45) is 6.22. The van der Waals surface area contributed by atoms with E-state index in [1.54, 1.807) is 0 Å². The number of nitrogens with zero attached hydrogens (tertiary/aromatic N) is 1. The third-order valence-electron chi connectivity index (χ3n) is 5.01. The zero-order chi connectivity index (χ0) is 14.8. The molecule has 2 rings (SSSR count). The molecule has 1 atom stereocenters. The van der Waals surface area contributed by atoms with Gasteiger partial charge in [-0.05, 0) is 49.1 Å². The smallest absolute Gasteiger partial charge is 0.0414 e. The van der Waals surface area contributed by atoms with Crippen LogP contribution >= 0.6 is 0 Å². The maximum atomic E-state index is 6.28. The van der Waals surface area contributed by atoms with E-state index in [0.29, 0.717) is 11.5 Å². The van der Waals surface area contributed by atoms with E-state index in [1.807, 2.05) is 0 Å². The van der Waals surface area contributed by atoms with Crippen LogP contribution in [-0.4, -0.2) is 13.1 Å². The van der Waals surface area contributed by atoms with Crippen molar-refractivity contribution in [1.29, 1.82) is 0 Å². The first-order valence-electron chi connectivity index (χ1n) is 8.02. The highest BCUT2D eigenvalue weighted by Crippen LogP contribution is 2.38. The molecule has 112 valence electrons. The topological polar surface area (TPSA) is 29.3 Å². The first-order valence-corrected chi connectivity index (χ1v) is 8.02. The molecule has 0 heterocycles. The normalized spacial score (nSPS) is 20.6. The van der Waals surface area contributed by atoms with Crippen molar-refractivity contribution in [2.45, 2.75) is 65.0 Å². The minimum absolute atomic E-state index is 0.147. The monoisotopic (exact) mass is 274 g/mol. The summed E-state index contributed by atoms with van der Waals surface area (Å²) in [6, 6.07) is 9.45. The number of hydrogen-bond donors (Lipinski definition) is 1. The lowest BCUT2D eigenvalue weighted by Gasteiger charge is -2.40. The van der Waals surface area contributed by atoms with E-state index in [0.717, 1.165) is 6.42 Å². The Morgan fingerprint density at radius 2 is 1.85 bits per heavy atom. The summed E-state index contributed by atoms with van der Waals surface area (Å²) >= 11 is 0. The summed E-state index contributed by atoms with van der Waals surface area (Å²) < 4.78 is 0. The molecule has 1 aromatic rings. The summed E-state index contributed by atoms with van der Waals surface area (Å²) in [6.45, 7) is 6.94. The summed E-state index contributed by atoms with van der Waals surface area (Å²) in [5.41, 5.74) is 9.42. The predicted molar refractivity (Wildman–Crippen MR) is 88.1 cm³/mol. The molecule has 20 heavy (non-hydrogen) atoms. The number of hydrogen-bond acceptors (Lipinski definition) is 2. The molecule has 1 aliphatic rings. The lowest BCUT2D eigenvalue weighted by Crippen LogP contribution is -2.38. The Labute approximate surface area is 124 Å². The van der Waals surface area contributed by atoms with Crippen LogP contribution < -0.4 is 10.6 Å². The van der Waals surface area contributed by atoms with Gasteiger partial charge in [0.25, 0.3) is 0 Å². The van der Waals surface area contributed by atoms with Crippen molar-refractivity contribution in [3.63, 3.8) is 0 Å². The molecule has 0 spiro atoms. The highest BCUT2D eigenvalue weighted by atomic mass is 15.1. The minimum atomic E-state index is 0.147. The predicted octanol–water partition coefficient (Wildman–Crippen LogP) is 4.50. The van der Waals surface area contributed by atoms with E-state index in [1.165, 1.54) is 36.9 Å². The van der Waals surface area contributed by atoms with E-state index in [-0.39, 0.29) is 6.04 Å². The van der Waals surface area contributed by atoms with Gasteiger partial charge in [0, 0.05) is 24.8 Å². The fraction of sp³-hybridized carbons (Fsp3) is 0.667. The van der Waals surface area contributed by atoms with Crippen LogP contribution in [0.5, 0.6) is 0 Å². The van der Waals surface area contributed by atoms with Gasteiger partial charge in [-0.15, -0.1) is 0 Å². The molecule has 0 amide bonds. The van der Waals surface area contributed by atoms with Crippen LogP contribution in [0.4, 0.5) is 5.69 Å². The van der Waals surface area contributed by atoms with Crippen LogP contribution in [0.25, 0.3) is 0 Å². The number of nitrogens with two attached hydrogens (primary N) is 1. The Bertz CT molecular complexity index is 429. The maximum Gasteiger partial charge on any atom is 0.0414 e. The van der Waals surface area contributed by atoms with Crippen molar-refractivity contribution >= 4 is 5.69 Å². The molecule has 2 nitrogen and oxygen atoms in total. The van der Waals surface area contributed by atoms with E-state index in [4.69, 9.17) is 5.73 Å². The zero-order valence-corrected chi connectivity index (χ0v) is 13.5. The molecule has 2 N–H and O–H groups in total. The van der Waals surface area contributed by atoms with E-state index < -0.39 is 0 Å². The molecule has 1 aromatic carbocycles. The molecular formula is C18H30N2. The summed E-state index contributed by atoms with van der Waals surface area (Å²) in [7, 11) is 2.24. The summed E-state index contributed by atoms with van der Waals surface area (Å²) in [5, 5.41) is 0. The largest absolute Gasteiger partial charge is 0.371 e. The number of anilines is 1. The molecule has 0 bridgehead atoms. The van der Waals surface area contributed by atoms with Crippen LogP contribution in [-0.2, 0) is 0 Å². The molecular weight excluding hydrogens is 244 g/mol. The van der Waals surface area contributed by atoms with Crippen LogP contribution in [0.1, 0.15) is 64.5 Å². The van der Waals surface area contributed by atoms with Crippen molar-refractivity contribution in [2.24, 2.45) is 11.1 Å². The van der Waals surface area contributed by atoms with Crippen molar-refractivity contribution in [3.8, 4) is 0 Å². The fourth-order valence-corrected chi connectivity index (χ4v) is 3.31. The van der Waals surface area contributed by atoms with E-state index in [2.05, 4.69) is 57.0 Å². The molecule has 1 aliphatic carbocycles. The molecule has 0 aromatic heterocycles. The van der Waals surface area contributed by atoms with Gasteiger partial charge in [-0.1, -0.05) is 39.0 Å². The Morgan fingerprint density at radius 1 is 1.25 bits per heavy atom. The van der Waals surface area contributed by atoms with Gasteiger partial charge in [-0.2, -0.15) is 0 Å². The van der Waals surface area contributed by atoms with Gasteiger partial charge >= 0.3 is 0 Å². The summed E-state index contributed by atoms with van der Waals surface area (Å²) in [4.78, 5) is 2.47. The van der Waals surface area contributed by atoms with Gasteiger partial charge in [0.15, 0.2) is 0 Å². The Kier molecular flexibility index (Phi) is 4.74. The van der Waals surface area contributed by atoms with E-state index >= 15 is 0 Å². The molecule has 1 fully saturated rings. The number of benzene rings is 1. The first-order chi connectivity index (χ1) is 9.44. The lowest BCUT2D eigenvalue weighted by atomic mass is 9.75. The van der Waals surface area contributed by atoms with Crippen molar-refractivity contribution < 1.29 is 0 Å². The van der Waals surface area contributed by atoms with Gasteiger partial charge in [0.05, 0.1) is 0 Å². The average Bonchev–Trinajstić information content (AvgIpc) is 2.45. The molecule has 0 aliphatic heterocycles. The van der Waals surface area contributed by atoms with Crippen LogP contribution in [0.15, 0.2) is 24.3 Å². The number of rotatable bonds is 4. The van der Waals surface area contributed by atoms with Crippen molar-refractivity contribution in [1.82, 2.24) is 0 Å². The second kappa shape index (κ2) is 6.17. The SMILES string of the molecule is CC[C@@H](N)c1ccccc1N(C)C1CCC(C)(C)CC1. The second-order valence-electron chi connectivity index (χ2n) is 7.08. The first kappa shape index (κ1) is 15.4. The van der Waals surface area contributed by atoms with E-state index in [9.17, 15) is 0 Å². The van der Waals surface area contributed by atoms with Gasteiger partial charge < -0.3 is 10.6 Å². The number of para-hydroxylation sites is 1. The molecule has 1 saturated carbocycles. The summed E-state index contributed by atoms with van der Waals surface area (Å²) in [5.74, 6) is 0. The van der Waals surface area contributed by atoms with Gasteiger partial charge in [-0.3, -0.25) is 0 Å². The van der Waals surface area contributed by atoms with Gasteiger partial charge in [0.2, 0.25) is 0 Å². The maximum absolute atomic E-state index is 6.28. The highest BCUT2D eigenvalue weighted by molar-refractivity contribution is 5.55. The van der Waals surface area contributed by atoms with Crippen LogP contribution in [0.3, 0.4) is 0 Å². The van der Waals surface area contributed by atoms with Crippen molar-refractivity contribution in [3.05, 3.63) is 29.8 Å². The third kappa shape index (κ3) is 3.35. The Morgan fingerprint density at radius 3 is 2.45 bits per heavy atom. The van der Waals surface area contributed by atoms with Gasteiger partial charge in [0.1, 0.15) is 0 Å². The molecule has 0 saturated heterocycles. The Balaban J connectivity index is 2.15. The van der Waals surface area contributed by atoms with Crippen LogP contribution in [0.2, 0.25) is 0 Å². The quantitative estimate of drug-likeness (QED) is 0.875. The lowest BCUT2D eigenvalue weighted by molar-refractivity contribution is 0.222. The highest BCUT2D eigenvalue weighted by Gasteiger charge is 2.29. The minimum Gasteiger partial charge on any atom is -0.371 e. The molecule has 0 unspecified atom stereocenters. The van der Waals surface area contributed by atoms with Crippen LogP contribution in [0, 0.1) is 5.41 Å². The molecule has 0 radical (unpaired) electrons. The molecule has 2 heteroatoms. The standard InChI is InChI=1S/C18H30N2/c1-5-16(19)15-8-6-7-9-17(15)20(4)14-10-12-18(2,3)13-11-14/h6-9,14,16H,5,10-13,19H2,1-4H3/t16-/m1/s1. The second-order valence-corrected chi connectivity index (χ2v) is 7.08. The Hall–Kier alpha value is -1.02. The third-order valence-corrected chi connectivity index (χ3v) is 5.01.